The summed E-state index contributed by atoms with van der Waals surface area (Å²) in [6, 6.07) is 9.52. The Morgan fingerprint density at radius 2 is 2.18 bits per heavy atom. The van der Waals surface area contributed by atoms with Crippen LogP contribution in [0.5, 0.6) is 0 Å². The minimum absolute atomic E-state index is 0.0369. The van der Waals surface area contributed by atoms with E-state index in [2.05, 4.69) is 4.98 Å². The third-order valence-electron chi connectivity index (χ3n) is 3.28. The van der Waals surface area contributed by atoms with E-state index in [1.54, 1.807) is 12.3 Å². The molecule has 4 nitrogen and oxygen atoms in total. The Kier molecular flexibility index (Phi) is 3.81. The number of imidazole rings is 1. The van der Waals surface area contributed by atoms with Gasteiger partial charge in [-0.15, -0.1) is 0 Å². The first-order chi connectivity index (χ1) is 10.5. The average Bonchev–Trinajstić information content (AvgIpc) is 2.92. The first-order valence-electron chi connectivity index (χ1n) is 6.60. The number of hydrogen-bond donors (Lipinski definition) is 0. The van der Waals surface area contributed by atoms with E-state index < -0.39 is 11.8 Å². The Balaban J connectivity index is 1.77. The lowest BCUT2D eigenvalue weighted by molar-refractivity contribution is 0.0466. The van der Waals surface area contributed by atoms with E-state index in [1.807, 2.05) is 23.5 Å². The third-order valence-corrected chi connectivity index (χ3v) is 3.63. The summed E-state index contributed by atoms with van der Waals surface area (Å²) >= 11 is 5.89. The van der Waals surface area contributed by atoms with Gasteiger partial charge >= 0.3 is 5.97 Å². The molecule has 0 saturated carbocycles. The minimum Gasteiger partial charge on any atom is -0.456 e. The van der Waals surface area contributed by atoms with Crippen LogP contribution in [-0.2, 0) is 11.3 Å². The Morgan fingerprint density at radius 3 is 2.91 bits per heavy atom. The van der Waals surface area contributed by atoms with Crippen LogP contribution in [-0.4, -0.2) is 15.4 Å². The molecule has 22 heavy (non-hydrogen) atoms. The van der Waals surface area contributed by atoms with Crippen LogP contribution in [0, 0.1) is 12.7 Å². The molecule has 2 heterocycles. The van der Waals surface area contributed by atoms with Gasteiger partial charge in [-0.05, 0) is 31.2 Å². The quantitative estimate of drug-likeness (QED) is 0.690. The maximum atomic E-state index is 13.0. The predicted molar refractivity (Wildman–Crippen MR) is 80.5 cm³/mol. The van der Waals surface area contributed by atoms with Crippen molar-refractivity contribution in [3.05, 3.63) is 70.4 Å². The highest BCUT2D eigenvalue weighted by molar-refractivity contribution is 6.31. The van der Waals surface area contributed by atoms with Gasteiger partial charge in [0, 0.05) is 17.5 Å². The van der Waals surface area contributed by atoms with E-state index in [9.17, 15) is 9.18 Å². The molecule has 3 rings (SSSR count). The molecular formula is C16H12ClFN2O2. The highest BCUT2D eigenvalue weighted by Gasteiger charge is 2.14. The predicted octanol–water partition coefficient (Wildman–Crippen LogP) is 3.79. The topological polar surface area (TPSA) is 43.6 Å². The molecule has 0 amide bonds. The number of carbonyl (C=O) groups excluding carboxylic acids is 1. The standard InChI is InChI=1S/C16H12ClFN2O2/c1-10-3-2-4-15-19-14(8-20(10)15)16(21)22-9-11-5-6-12(18)7-13(11)17/h2-8H,9H2,1H3. The summed E-state index contributed by atoms with van der Waals surface area (Å²) in [6.07, 6.45) is 1.62. The number of carbonyl (C=O) groups is 1. The molecule has 0 saturated heterocycles. The van der Waals surface area contributed by atoms with Crippen molar-refractivity contribution in [1.82, 2.24) is 9.38 Å². The highest BCUT2D eigenvalue weighted by atomic mass is 35.5. The number of nitrogens with zero attached hydrogens (tertiary/aromatic N) is 2. The van der Waals surface area contributed by atoms with Crippen LogP contribution in [0.25, 0.3) is 5.65 Å². The summed E-state index contributed by atoms with van der Waals surface area (Å²) < 4.78 is 20.0. The first kappa shape index (κ1) is 14.5. The Hall–Kier alpha value is -2.40. The van der Waals surface area contributed by atoms with Gasteiger partial charge in [-0.3, -0.25) is 0 Å². The Morgan fingerprint density at radius 1 is 1.36 bits per heavy atom. The lowest BCUT2D eigenvalue weighted by Gasteiger charge is -2.05. The molecule has 112 valence electrons. The van der Waals surface area contributed by atoms with E-state index in [-0.39, 0.29) is 17.3 Å². The van der Waals surface area contributed by atoms with E-state index >= 15 is 0 Å². The number of aromatic nitrogens is 2. The van der Waals surface area contributed by atoms with Crippen molar-refractivity contribution in [3.63, 3.8) is 0 Å². The van der Waals surface area contributed by atoms with Gasteiger partial charge in [-0.25, -0.2) is 14.2 Å². The second-order valence-electron chi connectivity index (χ2n) is 4.83. The minimum atomic E-state index is -0.552. The van der Waals surface area contributed by atoms with Crippen molar-refractivity contribution in [2.24, 2.45) is 0 Å². The van der Waals surface area contributed by atoms with Gasteiger partial charge in [0.15, 0.2) is 5.69 Å². The smallest absolute Gasteiger partial charge is 0.358 e. The largest absolute Gasteiger partial charge is 0.456 e. The summed E-state index contributed by atoms with van der Waals surface area (Å²) in [4.78, 5) is 16.3. The van der Waals surface area contributed by atoms with Crippen molar-refractivity contribution in [2.45, 2.75) is 13.5 Å². The van der Waals surface area contributed by atoms with Crippen LogP contribution in [0.1, 0.15) is 21.7 Å². The van der Waals surface area contributed by atoms with Gasteiger partial charge in [-0.1, -0.05) is 23.7 Å². The van der Waals surface area contributed by atoms with E-state index in [0.29, 0.717) is 11.2 Å². The molecule has 0 fully saturated rings. The number of hydrogen-bond acceptors (Lipinski definition) is 3. The highest BCUT2D eigenvalue weighted by Crippen LogP contribution is 2.18. The number of rotatable bonds is 3. The molecule has 0 aliphatic heterocycles. The second-order valence-corrected chi connectivity index (χ2v) is 5.24. The number of pyridine rings is 1. The maximum absolute atomic E-state index is 13.0. The SMILES string of the molecule is Cc1cccc2nc(C(=O)OCc3ccc(F)cc3Cl)cn12. The fraction of sp³-hybridized carbons (Fsp3) is 0.125. The second kappa shape index (κ2) is 5.77. The molecule has 0 N–H and O–H groups in total. The Bertz CT molecular complexity index is 860. The van der Waals surface area contributed by atoms with Crippen LogP contribution in [0.3, 0.4) is 0 Å². The molecule has 0 bridgehead atoms. The van der Waals surface area contributed by atoms with E-state index in [4.69, 9.17) is 16.3 Å². The number of esters is 1. The summed E-state index contributed by atoms with van der Waals surface area (Å²) in [5.74, 6) is -0.987. The number of aryl methyl sites for hydroxylation is 1. The van der Waals surface area contributed by atoms with Crippen molar-refractivity contribution >= 4 is 23.2 Å². The monoisotopic (exact) mass is 318 g/mol. The third kappa shape index (κ3) is 2.80. The number of halogens is 2. The fourth-order valence-corrected chi connectivity index (χ4v) is 2.32. The maximum Gasteiger partial charge on any atom is 0.358 e. The van der Waals surface area contributed by atoms with Gasteiger partial charge in [0.2, 0.25) is 0 Å². The van der Waals surface area contributed by atoms with Crippen molar-refractivity contribution in [3.8, 4) is 0 Å². The van der Waals surface area contributed by atoms with E-state index in [1.165, 1.54) is 18.2 Å². The zero-order chi connectivity index (χ0) is 15.7. The zero-order valence-electron chi connectivity index (χ0n) is 11.7. The molecular weight excluding hydrogens is 307 g/mol. The summed E-state index contributed by atoms with van der Waals surface area (Å²) in [5, 5.41) is 0.221. The molecule has 0 aliphatic rings. The van der Waals surface area contributed by atoms with Crippen LogP contribution >= 0.6 is 11.6 Å². The lowest BCUT2D eigenvalue weighted by atomic mass is 10.2. The van der Waals surface area contributed by atoms with Crippen molar-refractivity contribution in [2.75, 3.05) is 0 Å². The van der Waals surface area contributed by atoms with Gasteiger partial charge in [0.1, 0.15) is 18.1 Å². The molecule has 1 aromatic carbocycles. The summed E-state index contributed by atoms with van der Waals surface area (Å²) in [7, 11) is 0. The number of fused-ring (bicyclic) bond motifs is 1. The molecule has 3 aromatic rings. The van der Waals surface area contributed by atoms with Crippen LogP contribution in [0.15, 0.2) is 42.6 Å². The lowest BCUT2D eigenvalue weighted by Crippen LogP contribution is -2.06. The molecule has 0 unspecified atom stereocenters. The summed E-state index contributed by atoms with van der Waals surface area (Å²) in [5.41, 5.74) is 2.39. The van der Waals surface area contributed by atoms with Gasteiger partial charge in [-0.2, -0.15) is 0 Å². The van der Waals surface area contributed by atoms with Crippen LogP contribution < -0.4 is 0 Å². The molecule has 0 aliphatic carbocycles. The molecule has 0 radical (unpaired) electrons. The molecule has 2 aromatic heterocycles. The van der Waals surface area contributed by atoms with Gasteiger partial charge in [0.25, 0.3) is 0 Å². The normalized spacial score (nSPS) is 10.9. The number of ether oxygens (including phenoxy) is 1. The molecule has 0 atom stereocenters. The van der Waals surface area contributed by atoms with Crippen LogP contribution in [0.4, 0.5) is 4.39 Å². The van der Waals surface area contributed by atoms with Crippen molar-refractivity contribution in [1.29, 1.82) is 0 Å². The number of benzene rings is 1. The van der Waals surface area contributed by atoms with E-state index in [0.717, 1.165) is 5.69 Å². The summed E-state index contributed by atoms with van der Waals surface area (Å²) in [6.45, 7) is 1.88. The molecule has 0 spiro atoms. The van der Waals surface area contributed by atoms with Crippen molar-refractivity contribution < 1.29 is 13.9 Å². The first-order valence-corrected chi connectivity index (χ1v) is 6.98. The van der Waals surface area contributed by atoms with Gasteiger partial charge < -0.3 is 9.14 Å². The fourth-order valence-electron chi connectivity index (χ4n) is 2.10. The zero-order valence-corrected chi connectivity index (χ0v) is 12.5. The van der Waals surface area contributed by atoms with Gasteiger partial charge in [0.05, 0.1) is 5.02 Å². The molecule has 6 heteroatoms. The Labute approximate surface area is 131 Å². The van der Waals surface area contributed by atoms with Crippen LogP contribution in [0.2, 0.25) is 5.02 Å². The average molecular weight is 319 g/mol.